The van der Waals surface area contributed by atoms with E-state index in [2.05, 4.69) is 9.88 Å². The lowest BCUT2D eigenvalue weighted by atomic mass is 9.91. The number of piperidine rings is 1. The van der Waals surface area contributed by atoms with Crippen molar-refractivity contribution < 1.29 is 9.90 Å². The molecule has 0 bridgehead atoms. The summed E-state index contributed by atoms with van der Waals surface area (Å²) in [6.45, 7) is 3.74. The zero-order chi connectivity index (χ0) is 20.3. The Labute approximate surface area is 170 Å². The molecule has 0 unspecified atom stereocenters. The van der Waals surface area contributed by atoms with Crippen LogP contribution in [-0.2, 0) is 11.3 Å². The molecule has 156 valence electrons. The number of aliphatic hydroxyl groups is 1. The van der Waals surface area contributed by atoms with E-state index in [0.29, 0.717) is 43.4 Å². The van der Waals surface area contributed by atoms with E-state index in [9.17, 15) is 14.7 Å². The number of hydrogen-bond acceptors (Lipinski definition) is 5. The molecule has 2 aliphatic rings. The summed E-state index contributed by atoms with van der Waals surface area (Å²) in [5.41, 5.74) is -0.466. The van der Waals surface area contributed by atoms with Crippen LogP contribution in [-0.4, -0.2) is 68.7 Å². The molecular weight excluding hydrogens is 368 g/mol. The Bertz CT molecular complexity index is 910. The van der Waals surface area contributed by atoms with Gasteiger partial charge in [0.2, 0.25) is 5.91 Å². The highest BCUT2D eigenvalue weighted by Gasteiger charge is 2.35. The van der Waals surface area contributed by atoms with Crippen molar-refractivity contribution >= 4 is 16.8 Å². The molecule has 3 heterocycles. The summed E-state index contributed by atoms with van der Waals surface area (Å²) in [6, 6.07) is 7.24. The topological polar surface area (TPSA) is 78.7 Å². The van der Waals surface area contributed by atoms with Crippen molar-refractivity contribution in [3.8, 4) is 0 Å². The van der Waals surface area contributed by atoms with Crippen molar-refractivity contribution in [1.82, 2.24) is 19.4 Å². The highest BCUT2D eigenvalue weighted by molar-refractivity contribution is 5.78. The van der Waals surface area contributed by atoms with Crippen LogP contribution in [0, 0.1) is 0 Å². The second-order valence-corrected chi connectivity index (χ2v) is 8.49. The van der Waals surface area contributed by atoms with Crippen molar-refractivity contribution in [2.75, 3.05) is 32.7 Å². The summed E-state index contributed by atoms with van der Waals surface area (Å²) >= 11 is 0. The molecular formula is C22H30N4O3. The molecule has 0 radical (unpaired) electrons. The number of carbonyl (C=O) groups is 1. The molecule has 0 atom stereocenters. The quantitative estimate of drug-likeness (QED) is 0.847. The van der Waals surface area contributed by atoms with Crippen LogP contribution in [0.2, 0.25) is 0 Å². The third-order valence-corrected chi connectivity index (χ3v) is 6.30. The molecule has 7 heteroatoms. The molecule has 0 saturated carbocycles. The first-order chi connectivity index (χ1) is 14.0. The third-order valence-electron chi connectivity index (χ3n) is 6.30. The minimum Gasteiger partial charge on any atom is -0.388 e. The van der Waals surface area contributed by atoms with Crippen molar-refractivity contribution in [2.45, 2.75) is 50.7 Å². The van der Waals surface area contributed by atoms with E-state index in [1.807, 2.05) is 23.1 Å². The molecule has 29 heavy (non-hydrogen) atoms. The largest absolute Gasteiger partial charge is 0.388 e. The molecule has 1 aromatic carbocycles. The second kappa shape index (κ2) is 8.63. The first-order valence-corrected chi connectivity index (χ1v) is 10.7. The van der Waals surface area contributed by atoms with Gasteiger partial charge < -0.3 is 10.0 Å². The van der Waals surface area contributed by atoms with Gasteiger partial charge in [-0.05, 0) is 50.9 Å². The molecule has 7 nitrogen and oxygen atoms in total. The van der Waals surface area contributed by atoms with Gasteiger partial charge in [0.05, 0.1) is 35.9 Å². The summed E-state index contributed by atoms with van der Waals surface area (Å²) < 4.78 is 1.50. The maximum Gasteiger partial charge on any atom is 0.261 e. The Morgan fingerprint density at radius 1 is 1.03 bits per heavy atom. The summed E-state index contributed by atoms with van der Waals surface area (Å²) in [4.78, 5) is 33.9. The van der Waals surface area contributed by atoms with E-state index in [1.54, 1.807) is 6.07 Å². The second-order valence-electron chi connectivity index (χ2n) is 8.49. The number of carbonyl (C=O) groups excluding carboxylic acids is 1. The number of nitrogens with zero attached hydrogens (tertiary/aromatic N) is 4. The molecule has 2 saturated heterocycles. The van der Waals surface area contributed by atoms with Gasteiger partial charge in [-0.1, -0.05) is 25.0 Å². The predicted molar refractivity (Wildman–Crippen MR) is 112 cm³/mol. The number of rotatable bonds is 4. The Morgan fingerprint density at radius 2 is 1.72 bits per heavy atom. The zero-order valence-corrected chi connectivity index (χ0v) is 16.9. The molecule has 0 aliphatic carbocycles. The van der Waals surface area contributed by atoms with E-state index in [1.165, 1.54) is 36.6 Å². The lowest BCUT2D eigenvalue weighted by Crippen LogP contribution is -2.51. The van der Waals surface area contributed by atoms with E-state index in [4.69, 9.17) is 0 Å². The minimum absolute atomic E-state index is 0.135. The average molecular weight is 399 g/mol. The number of hydrogen-bond donors (Lipinski definition) is 1. The lowest BCUT2D eigenvalue weighted by molar-refractivity contribution is -0.137. The van der Waals surface area contributed by atoms with Gasteiger partial charge in [0.25, 0.3) is 5.56 Å². The lowest BCUT2D eigenvalue weighted by Gasteiger charge is -2.39. The maximum atomic E-state index is 12.7. The van der Waals surface area contributed by atoms with Crippen LogP contribution < -0.4 is 5.56 Å². The van der Waals surface area contributed by atoms with Gasteiger partial charge >= 0.3 is 0 Å². The van der Waals surface area contributed by atoms with Gasteiger partial charge in [0, 0.05) is 13.1 Å². The van der Waals surface area contributed by atoms with Gasteiger partial charge in [-0.15, -0.1) is 0 Å². The summed E-state index contributed by atoms with van der Waals surface area (Å²) in [5.74, 6) is 0.151. The smallest absolute Gasteiger partial charge is 0.261 e. The van der Waals surface area contributed by atoms with Crippen LogP contribution >= 0.6 is 0 Å². The first-order valence-electron chi connectivity index (χ1n) is 10.7. The SMILES string of the molecule is O=C(CN1CCCCCC1)N1CCC(O)(Cn2cnc3ccccc3c2=O)CC1. The molecule has 2 aliphatic heterocycles. The number of likely N-dealkylation sites (tertiary alicyclic amines) is 2. The van der Waals surface area contributed by atoms with Gasteiger partial charge in [0.1, 0.15) is 0 Å². The molecule has 1 amide bonds. The Hall–Kier alpha value is -2.25. The van der Waals surface area contributed by atoms with Gasteiger partial charge in [-0.2, -0.15) is 0 Å². The Morgan fingerprint density at radius 3 is 2.45 bits per heavy atom. The highest BCUT2D eigenvalue weighted by atomic mass is 16.3. The van der Waals surface area contributed by atoms with Crippen LogP contribution in [0.15, 0.2) is 35.4 Å². The zero-order valence-electron chi connectivity index (χ0n) is 16.9. The molecule has 1 aromatic heterocycles. The van der Waals surface area contributed by atoms with E-state index >= 15 is 0 Å². The standard InChI is InChI=1S/C22H30N4O3/c27-20(15-24-11-5-1-2-6-12-24)25-13-9-22(29,10-14-25)16-26-17-23-19-8-4-3-7-18(19)21(26)28/h3-4,7-8,17,29H,1-2,5-6,9-16H2. The third kappa shape index (κ3) is 4.67. The predicted octanol–water partition coefficient (Wildman–Crippen LogP) is 1.63. The molecule has 2 fully saturated rings. The Kier molecular flexibility index (Phi) is 5.96. The molecule has 4 rings (SSSR count). The van der Waals surface area contributed by atoms with E-state index < -0.39 is 5.60 Å². The fraction of sp³-hybridized carbons (Fsp3) is 0.591. The van der Waals surface area contributed by atoms with Gasteiger partial charge in [-0.25, -0.2) is 4.98 Å². The maximum absolute atomic E-state index is 12.7. The normalized spacial score (nSPS) is 20.5. The first kappa shape index (κ1) is 20.0. The van der Waals surface area contributed by atoms with Gasteiger partial charge in [-0.3, -0.25) is 19.1 Å². The van der Waals surface area contributed by atoms with Gasteiger partial charge in [0.15, 0.2) is 0 Å². The summed E-state index contributed by atoms with van der Waals surface area (Å²) in [7, 11) is 0. The number of amides is 1. The number of fused-ring (bicyclic) bond motifs is 1. The van der Waals surface area contributed by atoms with Crippen LogP contribution in [0.5, 0.6) is 0 Å². The monoisotopic (exact) mass is 398 g/mol. The fourth-order valence-corrected chi connectivity index (χ4v) is 4.45. The van der Waals surface area contributed by atoms with Crippen LogP contribution in [0.4, 0.5) is 0 Å². The van der Waals surface area contributed by atoms with Crippen LogP contribution in [0.1, 0.15) is 38.5 Å². The Balaban J connectivity index is 1.36. The molecule has 1 N–H and O–H groups in total. The van der Waals surface area contributed by atoms with Crippen LogP contribution in [0.3, 0.4) is 0 Å². The number of aromatic nitrogens is 2. The number of benzene rings is 1. The van der Waals surface area contributed by atoms with Crippen molar-refractivity contribution in [1.29, 1.82) is 0 Å². The summed E-state index contributed by atoms with van der Waals surface area (Å²) in [5, 5.41) is 11.6. The molecule has 0 spiro atoms. The van der Waals surface area contributed by atoms with Crippen LogP contribution in [0.25, 0.3) is 10.9 Å². The van der Waals surface area contributed by atoms with E-state index in [-0.39, 0.29) is 18.0 Å². The van der Waals surface area contributed by atoms with Crippen molar-refractivity contribution in [2.24, 2.45) is 0 Å². The molecule has 2 aromatic rings. The van der Waals surface area contributed by atoms with E-state index in [0.717, 1.165) is 13.1 Å². The van der Waals surface area contributed by atoms with Crippen molar-refractivity contribution in [3.05, 3.63) is 40.9 Å². The van der Waals surface area contributed by atoms with Crippen molar-refractivity contribution in [3.63, 3.8) is 0 Å². The number of para-hydroxylation sites is 1. The highest BCUT2D eigenvalue weighted by Crippen LogP contribution is 2.24. The minimum atomic E-state index is -0.993. The average Bonchev–Trinajstić information content (AvgIpc) is 2.99. The summed E-state index contributed by atoms with van der Waals surface area (Å²) in [6.07, 6.45) is 7.30. The fourth-order valence-electron chi connectivity index (χ4n) is 4.45.